The Bertz CT molecular complexity index is 409. The van der Waals surface area contributed by atoms with Gasteiger partial charge in [-0.25, -0.2) is 0 Å². The first-order valence-electron chi connectivity index (χ1n) is 5.59. The van der Waals surface area contributed by atoms with Crippen molar-refractivity contribution in [2.24, 2.45) is 11.7 Å². The Labute approximate surface area is 101 Å². The summed E-state index contributed by atoms with van der Waals surface area (Å²) in [4.78, 5) is 0. The average molecular weight is 238 g/mol. The molecule has 2 atom stereocenters. The van der Waals surface area contributed by atoms with Crippen molar-refractivity contribution in [2.45, 2.75) is 6.10 Å². The third kappa shape index (κ3) is 2.03. The summed E-state index contributed by atoms with van der Waals surface area (Å²) in [7, 11) is 3.17. The van der Waals surface area contributed by atoms with Crippen molar-refractivity contribution in [3.05, 3.63) is 17.7 Å². The Morgan fingerprint density at radius 3 is 2.59 bits per heavy atom. The van der Waals surface area contributed by atoms with E-state index in [-0.39, 0.29) is 5.92 Å². The van der Waals surface area contributed by atoms with E-state index in [0.29, 0.717) is 24.6 Å². The molecule has 1 aromatic carbocycles. The van der Waals surface area contributed by atoms with Crippen molar-refractivity contribution in [3.8, 4) is 11.5 Å². The number of ether oxygens (including phenoxy) is 2. The van der Waals surface area contributed by atoms with Crippen molar-refractivity contribution < 1.29 is 14.6 Å². The number of hydrogen-bond acceptors (Lipinski definition) is 5. The fraction of sp³-hybridized carbons (Fsp3) is 0.500. The van der Waals surface area contributed by atoms with Gasteiger partial charge in [-0.05, 0) is 12.6 Å². The van der Waals surface area contributed by atoms with E-state index in [0.717, 1.165) is 11.3 Å². The summed E-state index contributed by atoms with van der Waals surface area (Å²) in [6.45, 7) is 1.11. The van der Waals surface area contributed by atoms with Crippen LogP contribution in [0, 0.1) is 5.92 Å². The van der Waals surface area contributed by atoms with Crippen LogP contribution < -0.4 is 20.5 Å². The van der Waals surface area contributed by atoms with E-state index in [9.17, 15) is 5.11 Å². The number of anilines is 1. The molecule has 4 N–H and O–H groups in total. The Morgan fingerprint density at radius 1 is 1.35 bits per heavy atom. The van der Waals surface area contributed by atoms with E-state index in [1.807, 2.05) is 6.07 Å². The molecule has 0 aromatic heterocycles. The highest BCUT2D eigenvalue weighted by Gasteiger charge is 2.28. The van der Waals surface area contributed by atoms with Gasteiger partial charge in [0.1, 0.15) is 0 Å². The summed E-state index contributed by atoms with van der Waals surface area (Å²) >= 11 is 0. The lowest BCUT2D eigenvalue weighted by atomic mass is 9.90. The highest BCUT2D eigenvalue weighted by molar-refractivity contribution is 5.62. The number of benzene rings is 1. The standard InChI is InChI=1S/C12H18N2O3/c1-16-10-3-8-9(4-11(10)17-2)14-6-7(5-13)12(8)15/h3-4,7,12,14-15H,5-6,13H2,1-2H3/t7-,12-/m0/s1. The molecule has 17 heavy (non-hydrogen) atoms. The van der Waals surface area contributed by atoms with E-state index < -0.39 is 6.10 Å². The molecule has 94 valence electrons. The minimum absolute atomic E-state index is 0.0283. The molecule has 0 unspecified atom stereocenters. The Morgan fingerprint density at radius 2 is 2.00 bits per heavy atom. The maximum atomic E-state index is 10.2. The predicted molar refractivity (Wildman–Crippen MR) is 65.5 cm³/mol. The normalized spacial score (nSPS) is 22.6. The van der Waals surface area contributed by atoms with Crippen LogP contribution in [0.25, 0.3) is 0 Å². The molecular formula is C12H18N2O3. The lowest BCUT2D eigenvalue weighted by Crippen LogP contribution is -2.33. The minimum Gasteiger partial charge on any atom is -0.493 e. The summed E-state index contributed by atoms with van der Waals surface area (Å²) < 4.78 is 10.4. The zero-order valence-electron chi connectivity index (χ0n) is 10.1. The van der Waals surface area contributed by atoms with Crippen LogP contribution in [0.15, 0.2) is 12.1 Å². The minimum atomic E-state index is -0.559. The molecular weight excluding hydrogens is 220 g/mol. The number of rotatable bonds is 3. The number of aliphatic hydroxyl groups excluding tert-OH is 1. The van der Waals surface area contributed by atoms with E-state index in [1.54, 1.807) is 20.3 Å². The van der Waals surface area contributed by atoms with Crippen LogP contribution in [0.4, 0.5) is 5.69 Å². The fourth-order valence-electron chi connectivity index (χ4n) is 2.11. The largest absolute Gasteiger partial charge is 0.493 e. The summed E-state index contributed by atoms with van der Waals surface area (Å²) in [5.74, 6) is 1.29. The van der Waals surface area contributed by atoms with Gasteiger partial charge in [-0.1, -0.05) is 0 Å². The summed E-state index contributed by atoms with van der Waals surface area (Å²) in [6, 6.07) is 3.64. The van der Waals surface area contributed by atoms with Gasteiger partial charge in [-0.2, -0.15) is 0 Å². The molecule has 5 nitrogen and oxygen atoms in total. The molecule has 1 aromatic rings. The molecule has 0 fully saturated rings. The lowest BCUT2D eigenvalue weighted by Gasteiger charge is -2.31. The molecule has 0 spiro atoms. The van der Waals surface area contributed by atoms with Gasteiger partial charge in [0.2, 0.25) is 0 Å². The van der Waals surface area contributed by atoms with Gasteiger partial charge in [0, 0.05) is 29.8 Å². The lowest BCUT2D eigenvalue weighted by molar-refractivity contribution is 0.114. The highest BCUT2D eigenvalue weighted by atomic mass is 16.5. The molecule has 5 heteroatoms. The van der Waals surface area contributed by atoms with Gasteiger partial charge < -0.3 is 25.6 Å². The molecule has 0 saturated heterocycles. The number of aliphatic hydroxyl groups is 1. The van der Waals surface area contributed by atoms with Crippen LogP contribution in [0.1, 0.15) is 11.7 Å². The van der Waals surface area contributed by atoms with Crippen LogP contribution in [0.2, 0.25) is 0 Å². The van der Waals surface area contributed by atoms with Gasteiger partial charge >= 0.3 is 0 Å². The SMILES string of the molecule is COc1cc2c(cc1OC)[C@@H](O)[C@@H](CN)CN2. The molecule has 1 heterocycles. The molecule has 0 bridgehead atoms. The number of nitrogens with two attached hydrogens (primary N) is 1. The van der Waals surface area contributed by atoms with Gasteiger partial charge in [0.05, 0.1) is 20.3 Å². The van der Waals surface area contributed by atoms with Crippen LogP contribution in [0.5, 0.6) is 11.5 Å². The van der Waals surface area contributed by atoms with Gasteiger partial charge in [0.25, 0.3) is 0 Å². The second-order valence-electron chi connectivity index (χ2n) is 4.12. The van der Waals surface area contributed by atoms with Crippen molar-refractivity contribution in [2.75, 3.05) is 32.6 Å². The molecule has 0 aliphatic carbocycles. The van der Waals surface area contributed by atoms with E-state index in [4.69, 9.17) is 15.2 Å². The topological polar surface area (TPSA) is 76.7 Å². The monoisotopic (exact) mass is 238 g/mol. The van der Waals surface area contributed by atoms with E-state index in [1.165, 1.54) is 0 Å². The third-order valence-electron chi connectivity index (χ3n) is 3.18. The van der Waals surface area contributed by atoms with E-state index >= 15 is 0 Å². The molecule has 1 aliphatic rings. The summed E-state index contributed by atoms with van der Waals surface area (Å²) in [5, 5.41) is 13.4. The maximum absolute atomic E-state index is 10.2. The molecule has 0 amide bonds. The zero-order chi connectivity index (χ0) is 12.4. The Hall–Kier alpha value is -1.46. The first-order valence-corrected chi connectivity index (χ1v) is 5.59. The van der Waals surface area contributed by atoms with Crippen molar-refractivity contribution >= 4 is 5.69 Å². The van der Waals surface area contributed by atoms with Gasteiger partial charge in [-0.15, -0.1) is 0 Å². The quantitative estimate of drug-likeness (QED) is 0.724. The second-order valence-corrected chi connectivity index (χ2v) is 4.12. The molecule has 1 aliphatic heterocycles. The maximum Gasteiger partial charge on any atom is 0.162 e. The van der Waals surface area contributed by atoms with Crippen LogP contribution >= 0.6 is 0 Å². The first kappa shape index (κ1) is 12.0. The predicted octanol–water partition coefficient (Wildman–Crippen LogP) is 0.738. The fourth-order valence-corrected chi connectivity index (χ4v) is 2.11. The smallest absolute Gasteiger partial charge is 0.162 e. The second kappa shape index (κ2) is 4.81. The van der Waals surface area contributed by atoms with Crippen molar-refractivity contribution in [3.63, 3.8) is 0 Å². The average Bonchev–Trinajstić information content (AvgIpc) is 2.38. The Balaban J connectivity index is 2.43. The van der Waals surface area contributed by atoms with Crippen LogP contribution in [-0.4, -0.2) is 32.4 Å². The highest BCUT2D eigenvalue weighted by Crippen LogP contribution is 2.40. The summed E-state index contributed by atoms with van der Waals surface area (Å²) in [5.41, 5.74) is 7.31. The molecule has 0 radical (unpaired) electrons. The zero-order valence-corrected chi connectivity index (χ0v) is 10.1. The van der Waals surface area contributed by atoms with Crippen LogP contribution in [0.3, 0.4) is 0 Å². The van der Waals surface area contributed by atoms with E-state index in [2.05, 4.69) is 5.32 Å². The molecule has 0 saturated carbocycles. The number of methoxy groups -OCH3 is 2. The van der Waals surface area contributed by atoms with Crippen molar-refractivity contribution in [1.82, 2.24) is 0 Å². The number of fused-ring (bicyclic) bond motifs is 1. The third-order valence-corrected chi connectivity index (χ3v) is 3.18. The summed E-state index contributed by atoms with van der Waals surface area (Å²) in [6.07, 6.45) is -0.559. The number of nitrogens with one attached hydrogen (secondary N) is 1. The first-order chi connectivity index (χ1) is 8.21. The van der Waals surface area contributed by atoms with Gasteiger partial charge in [0.15, 0.2) is 11.5 Å². The van der Waals surface area contributed by atoms with Crippen LogP contribution in [-0.2, 0) is 0 Å². The number of hydrogen-bond donors (Lipinski definition) is 3. The van der Waals surface area contributed by atoms with Gasteiger partial charge in [-0.3, -0.25) is 0 Å². The molecule has 2 rings (SSSR count). The Kier molecular flexibility index (Phi) is 3.40. The van der Waals surface area contributed by atoms with Crippen molar-refractivity contribution in [1.29, 1.82) is 0 Å².